The van der Waals surface area contributed by atoms with Crippen LogP contribution in [0.2, 0.25) is 0 Å². The molecular weight excluding hydrogens is 232 g/mol. The van der Waals surface area contributed by atoms with Crippen LogP contribution in [0, 0.1) is 10.8 Å². The maximum absolute atomic E-state index is 11.5. The van der Waals surface area contributed by atoms with E-state index in [9.17, 15) is 9.59 Å². The summed E-state index contributed by atoms with van der Waals surface area (Å²) in [5, 5.41) is 0. The average Bonchev–Trinajstić information content (AvgIpc) is 2.19. The highest BCUT2D eigenvalue weighted by Gasteiger charge is 2.24. The molecule has 0 aliphatic rings. The fourth-order valence-electron chi connectivity index (χ4n) is 0.810. The predicted molar refractivity (Wildman–Crippen MR) is 70.0 cm³/mol. The van der Waals surface area contributed by atoms with Crippen molar-refractivity contribution in [2.24, 2.45) is 10.8 Å². The molecule has 0 atom stereocenters. The molecule has 0 saturated carbocycles. The van der Waals surface area contributed by atoms with Crippen LogP contribution in [-0.2, 0) is 19.1 Å². The van der Waals surface area contributed by atoms with Gasteiger partial charge in [0, 0.05) is 0 Å². The second-order valence-corrected chi connectivity index (χ2v) is 6.40. The van der Waals surface area contributed by atoms with Gasteiger partial charge < -0.3 is 9.47 Å². The van der Waals surface area contributed by atoms with E-state index >= 15 is 0 Å². The molecule has 0 aromatic rings. The molecule has 0 radical (unpaired) electrons. The van der Waals surface area contributed by atoms with Gasteiger partial charge in [0.25, 0.3) is 0 Å². The van der Waals surface area contributed by atoms with E-state index in [4.69, 9.17) is 9.47 Å². The van der Waals surface area contributed by atoms with E-state index in [1.807, 2.05) is 0 Å². The summed E-state index contributed by atoms with van der Waals surface area (Å²) in [4.78, 5) is 23.0. The van der Waals surface area contributed by atoms with Crippen molar-refractivity contribution in [1.29, 1.82) is 0 Å². The van der Waals surface area contributed by atoms with Crippen molar-refractivity contribution in [2.45, 2.75) is 41.5 Å². The minimum atomic E-state index is -0.539. The molecule has 0 spiro atoms. The maximum atomic E-state index is 11.5. The largest absolute Gasteiger partial charge is 0.461 e. The van der Waals surface area contributed by atoms with Gasteiger partial charge in [-0.1, -0.05) is 6.58 Å². The quantitative estimate of drug-likeness (QED) is 0.573. The Morgan fingerprint density at radius 3 is 1.33 bits per heavy atom. The van der Waals surface area contributed by atoms with Crippen LogP contribution in [0.15, 0.2) is 12.2 Å². The molecule has 0 unspecified atom stereocenters. The van der Waals surface area contributed by atoms with Gasteiger partial charge >= 0.3 is 11.9 Å². The SMILES string of the molecule is C=C(COC(=O)C(C)(C)C)COC(=O)C(C)(C)C. The first kappa shape index (κ1) is 16.7. The van der Waals surface area contributed by atoms with Crippen molar-refractivity contribution >= 4 is 11.9 Å². The molecule has 0 bridgehead atoms. The van der Waals surface area contributed by atoms with Crippen molar-refractivity contribution in [1.82, 2.24) is 0 Å². The molecule has 0 rings (SSSR count). The molecule has 0 aromatic heterocycles. The molecule has 104 valence electrons. The van der Waals surface area contributed by atoms with Gasteiger partial charge in [-0.25, -0.2) is 0 Å². The smallest absolute Gasteiger partial charge is 0.311 e. The van der Waals surface area contributed by atoms with E-state index in [-0.39, 0.29) is 25.2 Å². The van der Waals surface area contributed by atoms with Crippen LogP contribution in [0.4, 0.5) is 0 Å². The van der Waals surface area contributed by atoms with Gasteiger partial charge in [-0.2, -0.15) is 0 Å². The zero-order valence-corrected chi connectivity index (χ0v) is 12.3. The Bertz CT molecular complexity index is 297. The first-order valence-electron chi connectivity index (χ1n) is 5.95. The van der Waals surface area contributed by atoms with E-state index in [0.717, 1.165) is 0 Å². The van der Waals surface area contributed by atoms with Crippen LogP contribution in [0.5, 0.6) is 0 Å². The Morgan fingerprint density at radius 2 is 1.11 bits per heavy atom. The fraction of sp³-hybridized carbons (Fsp3) is 0.714. The standard InChI is InChI=1S/C14H24O4/c1-10(8-17-11(15)13(2,3)4)9-18-12(16)14(5,6)7/h1,8-9H2,2-7H3. The molecule has 0 saturated heterocycles. The number of carbonyl (C=O) groups excluding carboxylic acids is 2. The second kappa shape index (κ2) is 6.03. The van der Waals surface area contributed by atoms with Gasteiger partial charge in [-0.3, -0.25) is 9.59 Å². The predicted octanol–water partition coefficient (Wildman–Crippen LogP) is 2.72. The molecule has 4 heteroatoms. The monoisotopic (exact) mass is 256 g/mol. The molecule has 0 heterocycles. The lowest BCUT2D eigenvalue weighted by Gasteiger charge is -2.19. The number of hydrogen-bond acceptors (Lipinski definition) is 4. The van der Waals surface area contributed by atoms with Gasteiger partial charge in [0.05, 0.1) is 10.8 Å². The van der Waals surface area contributed by atoms with Crippen LogP contribution in [-0.4, -0.2) is 25.2 Å². The first-order chi connectivity index (χ1) is 7.94. The third kappa shape index (κ3) is 6.42. The first-order valence-corrected chi connectivity index (χ1v) is 5.95. The number of rotatable bonds is 4. The summed E-state index contributed by atoms with van der Waals surface area (Å²) >= 11 is 0. The van der Waals surface area contributed by atoms with Crippen molar-refractivity contribution in [3.63, 3.8) is 0 Å². The van der Waals surface area contributed by atoms with Crippen molar-refractivity contribution < 1.29 is 19.1 Å². The number of ether oxygens (including phenoxy) is 2. The molecule has 18 heavy (non-hydrogen) atoms. The molecule has 0 N–H and O–H groups in total. The number of carbonyl (C=O) groups is 2. The molecule has 0 amide bonds. The molecule has 0 aliphatic heterocycles. The molecule has 4 nitrogen and oxygen atoms in total. The van der Waals surface area contributed by atoms with Crippen molar-refractivity contribution in [2.75, 3.05) is 13.2 Å². The van der Waals surface area contributed by atoms with E-state index in [1.165, 1.54) is 0 Å². The molecule has 0 aliphatic carbocycles. The van der Waals surface area contributed by atoms with Gasteiger partial charge in [-0.15, -0.1) is 0 Å². The highest BCUT2D eigenvalue weighted by atomic mass is 16.5. The molecular formula is C14H24O4. The summed E-state index contributed by atoms with van der Waals surface area (Å²) in [6.07, 6.45) is 0. The normalized spacial score (nSPS) is 11.9. The van der Waals surface area contributed by atoms with Gasteiger partial charge in [0.1, 0.15) is 13.2 Å². The summed E-state index contributed by atoms with van der Waals surface area (Å²) in [5.41, 5.74) is -0.518. The zero-order valence-electron chi connectivity index (χ0n) is 12.3. The van der Waals surface area contributed by atoms with Crippen LogP contribution in [0.1, 0.15) is 41.5 Å². The Kier molecular flexibility index (Phi) is 5.58. The molecule has 0 aromatic carbocycles. The third-order valence-electron chi connectivity index (χ3n) is 2.04. The van der Waals surface area contributed by atoms with Crippen molar-refractivity contribution in [3.8, 4) is 0 Å². The van der Waals surface area contributed by atoms with Crippen molar-refractivity contribution in [3.05, 3.63) is 12.2 Å². The lowest BCUT2D eigenvalue weighted by atomic mass is 9.97. The van der Waals surface area contributed by atoms with Crippen LogP contribution in [0.25, 0.3) is 0 Å². The van der Waals surface area contributed by atoms with E-state index in [2.05, 4.69) is 6.58 Å². The Balaban J connectivity index is 4.01. The summed E-state index contributed by atoms with van der Waals surface area (Å²) in [5.74, 6) is -0.600. The van der Waals surface area contributed by atoms with Gasteiger partial charge in [0.2, 0.25) is 0 Å². The van der Waals surface area contributed by atoms with Crippen LogP contribution < -0.4 is 0 Å². The van der Waals surface area contributed by atoms with Gasteiger partial charge in [-0.05, 0) is 47.1 Å². The highest BCUT2D eigenvalue weighted by molar-refractivity contribution is 5.76. The second-order valence-electron chi connectivity index (χ2n) is 6.40. The van der Waals surface area contributed by atoms with E-state index in [0.29, 0.717) is 5.57 Å². The summed E-state index contributed by atoms with van der Waals surface area (Å²) in [6, 6.07) is 0. The minimum absolute atomic E-state index is 0.0769. The van der Waals surface area contributed by atoms with E-state index in [1.54, 1.807) is 41.5 Å². The highest BCUT2D eigenvalue weighted by Crippen LogP contribution is 2.17. The lowest BCUT2D eigenvalue weighted by Crippen LogP contribution is -2.26. The van der Waals surface area contributed by atoms with Crippen LogP contribution >= 0.6 is 0 Å². The summed E-state index contributed by atoms with van der Waals surface area (Å²) in [6.45, 7) is 14.5. The Labute approximate surface area is 109 Å². The Morgan fingerprint density at radius 1 is 0.833 bits per heavy atom. The molecule has 0 fully saturated rings. The minimum Gasteiger partial charge on any atom is -0.461 e. The fourth-order valence-corrected chi connectivity index (χ4v) is 0.810. The summed E-state index contributed by atoms with van der Waals surface area (Å²) < 4.78 is 10.1. The zero-order chi connectivity index (χ0) is 14.6. The van der Waals surface area contributed by atoms with Crippen LogP contribution in [0.3, 0.4) is 0 Å². The topological polar surface area (TPSA) is 52.6 Å². The summed E-state index contributed by atoms with van der Waals surface area (Å²) in [7, 11) is 0. The third-order valence-corrected chi connectivity index (χ3v) is 2.04. The Hall–Kier alpha value is -1.32. The number of hydrogen-bond donors (Lipinski definition) is 0. The maximum Gasteiger partial charge on any atom is 0.311 e. The van der Waals surface area contributed by atoms with E-state index < -0.39 is 10.8 Å². The number of esters is 2. The van der Waals surface area contributed by atoms with Gasteiger partial charge in [0.15, 0.2) is 0 Å². The lowest BCUT2D eigenvalue weighted by molar-refractivity contribution is -0.153. The average molecular weight is 256 g/mol.